The van der Waals surface area contributed by atoms with Gasteiger partial charge in [-0.05, 0) is 12.1 Å². The molecule has 0 bridgehead atoms. The van der Waals surface area contributed by atoms with E-state index in [0.717, 1.165) is 5.56 Å². The molecule has 5 heteroatoms. The van der Waals surface area contributed by atoms with Crippen LogP contribution in [0.1, 0.15) is 11.3 Å². The summed E-state index contributed by atoms with van der Waals surface area (Å²) in [6, 6.07) is 5.27. The molecule has 1 heterocycles. The number of pyridine rings is 1. The first-order chi connectivity index (χ1) is 6.31. The summed E-state index contributed by atoms with van der Waals surface area (Å²) in [5, 5.41) is 8.50. The van der Waals surface area contributed by atoms with Crippen LogP contribution < -0.4 is 11.3 Å². The second-order valence-electron chi connectivity index (χ2n) is 2.26. The zero-order chi connectivity index (χ0) is 9.68. The van der Waals surface area contributed by atoms with Gasteiger partial charge in [0.2, 0.25) is 0 Å². The van der Waals surface area contributed by atoms with Crippen LogP contribution >= 0.6 is 0 Å². The zero-order valence-electron chi connectivity index (χ0n) is 7.15. The van der Waals surface area contributed by atoms with Gasteiger partial charge in [0.25, 0.3) is 0 Å². The maximum absolute atomic E-state index is 8.50. The van der Waals surface area contributed by atoms with Crippen LogP contribution in [0.25, 0.3) is 0 Å². The van der Waals surface area contributed by atoms with Crippen molar-refractivity contribution < 1.29 is 0 Å². The van der Waals surface area contributed by atoms with E-state index in [1.807, 2.05) is 6.07 Å². The number of nitrogens with two attached hydrogens (primary N) is 1. The van der Waals surface area contributed by atoms with E-state index in [0.29, 0.717) is 11.5 Å². The average molecular weight is 175 g/mol. The molecule has 0 aliphatic rings. The Morgan fingerprint density at radius 1 is 1.69 bits per heavy atom. The summed E-state index contributed by atoms with van der Waals surface area (Å²) in [6.45, 7) is 0. The van der Waals surface area contributed by atoms with Crippen LogP contribution in [-0.2, 0) is 0 Å². The Hall–Kier alpha value is -1.93. The van der Waals surface area contributed by atoms with Crippen molar-refractivity contribution in [2.45, 2.75) is 0 Å². The highest BCUT2D eigenvalue weighted by Crippen LogP contribution is 1.99. The molecule has 1 aromatic rings. The lowest BCUT2D eigenvalue weighted by molar-refractivity contribution is 1.01. The lowest BCUT2D eigenvalue weighted by atomic mass is 10.2. The van der Waals surface area contributed by atoms with Crippen molar-refractivity contribution in [1.82, 2.24) is 10.4 Å². The van der Waals surface area contributed by atoms with E-state index in [9.17, 15) is 0 Å². The third-order valence-electron chi connectivity index (χ3n) is 1.51. The predicted molar refractivity (Wildman–Crippen MR) is 48.7 cm³/mol. The normalized spacial score (nSPS) is 10.7. The van der Waals surface area contributed by atoms with Gasteiger partial charge in [-0.1, -0.05) is 0 Å². The number of aromatic nitrogens is 1. The van der Waals surface area contributed by atoms with Gasteiger partial charge in [-0.25, -0.2) is 10.8 Å². The van der Waals surface area contributed by atoms with E-state index in [1.165, 1.54) is 0 Å². The first kappa shape index (κ1) is 9.16. The number of nitrogens with zero attached hydrogens (tertiary/aromatic N) is 3. The summed E-state index contributed by atoms with van der Waals surface area (Å²) in [5.74, 6) is 5.75. The van der Waals surface area contributed by atoms with Crippen molar-refractivity contribution in [2.24, 2.45) is 10.8 Å². The van der Waals surface area contributed by atoms with Crippen LogP contribution in [0.15, 0.2) is 23.3 Å². The standard InChI is InChI=1S/C8H9N5/c1-11-8(13-10)6-2-3-7(4-9)12-5-6/h2-3,5H,10H2,1H3,(H,11,13). The van der Waals surface area contributed by atoms with Crippen LogP contribution in [-0.4, -0.2) is 17.9 Å². The molecule has 0 spiro atoms. The van der Waals surface area contributed by atoms with E-state index in [-0.39, 0.29) is 0 Å². The number of hydrazine groups is 1. The lowest BCUT2D eigenvalue weighted by Gasteiger charge is -2.02. The van der Waals surface area contributed by atoms with Crippen molar-refractivity contribution in [3.05, 3.63) is 29.6 Å². The van der Waals surface area contributed by atoms with E-state index >= 15 is 0 Å². The second-order valence-corrected chi connectivity index (χ2v) is 2.26. The maximum Gasteiger partial charge on any atom is 0.143 e. The Morgan fingerprint density at radius 2 is 2.46 bits per heavy atom. The third kappa shape index (κ3) is 2.01. The Labute approximate surface area is 75.9 Å². The lowest BCUT2D eigenvalue weighted by Crippen LogP contribution is -2.31. The quantitative estimate of drug-likeness (QED) is 0.267. The van der Waals surface area contributed by atoms with Gasteiger partial charge in [0.05, 0.1) is 0 Å². The van der Waals surface area contributed by atoms with E-state index in [4.69, 9.17) is 11.1 Å². The van der Waals surface area contributed by atoms with Gasteiger partial charge >= 0.3 is 0 Å². The van der Waals surface area contributed by atoms with Crippen LogP contribution in [0.3, 0.4) is 0 Å². The molecule has 0 saturated carbocycles. The summed E-state index contributed by atoms with van der Waals surface area (Å²) >= 11 is 0. The predicted octanol–water partition coefficient (Wildman–Crippen LogP) is -0.207. The molecular weight excluding hydrogens is 166 g/mol. The molecule has 0 radical (unpaired) electrons. The second kappa shape index (κ2) is 4.18. The molecule has 0 atom stereocenters. The summed E-state index contributed by atoms with van der Waals surface area (Å²) in [5.41, 5.74) is 3.56. The van der Waals surface area contributed by atoms with Crippen LogP contribution in [0.5, 0.6) is 0 Å². The molecular formula is C8H9N5. The van der Waals surface area contributed by atoms with Crippen molar-refractivity contribution in [3.63, 3.8) is 0 Å². The first-order valence-electron chi connectivity index (χ1n) is 3.61. The van der Waals surface area contributed by atoms with E-state index < -0.39 is 0 Å². The molecule has 1 aromatic heterocycles. The van der Waals surface area contributed by atoms with Crippen molar-refractivity contribution in [3.8, 4) is 6.07 Å². The van der Waals surface area contributed by atoms with Gasteiger partial charge < -0.3 is 5.43 Å². The number of nitriles is 1. The number of nitrogens with one attached hydrogen (secondary N) is 1. The molecule has 0 unspecified atom stereocenters. The Bertz CT molecular complexity index is 346. The molecule has 1 rings (SSSR count). The number of aliphatic imine (C=N–C) groups is 1. The Balaban J connectivity index is 2.99. The van der Waals surface area contributed by atoms with E-state index in [2.05, 4.69) is 15.4 Å². The van der Waals surface area contributed by atoms with Crippen molar-refractivity contribution >= 4 is 5.84 Å². The Kier molecular flexibility index (Phi) is 2.95. The zero-order valence-corrected chi connectivity index (χ0v) is 7.15. The van der Waals surface area contributed by atoms with Crippen LogP contribution in [0, 0.1) is 11.3 Å². The summed E-state index contributed by atoms with van der Waals surface area (Å²) in [6.07, 6.45) is 1.54. The fourth-order valence-corrected chi connectivity index (χ4v) is 0.877. The molecule has 3 N–H and O–H groups in total. The van der Waals surface area contributed by atoms with Crippen LogP contribution in [0.4, 0.5) is 0 Å². The van der Waals surface area contributed by atoms with Crippen molar-refractivity contribution in [2.75, 3.05) is 7.05 Å². The van der Waals surface area contributed by atoms with Gasteiger partial charge in [0, 0.05) is 18.8 Å². The molecule has 0 aliphatic heterocycles. The minimum atomic E-state index is 0.372. The Morgan fingerprint density at radius 3 is 2.85 bits per heavy atom. The maximum atomic E-state index is 8.50. The third-order valence-corrected chi connectivity index (χ3v) is 1.51. The molecule has 0 aliphatic carbocycles. The molecule has 0 amide bonds. The molecule has 0 aromatic carbocycles. The summed E-state index contributed by atoms with van der Waals surface area (Å²) in [7, 11) is 1.62. The number of hydrogen-bond acceptors (Lipinski definition) is 4. The monoisotopic (exact) mass is 175 g/mol. The number of hydrogen-bond donors (Lipinski definition) is 2. The molecule has 0 fully saturated rings. The highest BCUT2D eigenvalue weighted by molar-refractivity contribution is 5.97. The molecule has 0 saturated heterocycles. The van der Waals surface area contributed by atoms with Gasteiger partial charge in [-0.2, -0.15) is 5.26 Å². The fourth-order valence-electron chi connectivity index (χ4n) is 0.877. The smallest absolute Gasteiger partial charge is 0.143 e. The van der Waals surface area contributed by atoms with Gasteiger partial charge in [-0.15, -0.1) is 0 Å². The largest absolute Gasteiger partial charge is 0.308 e. The minimum absolute atomic E-state index is 0.372. The van der Waals surface area contributed by atoms with Gasteiger partial charge in [0.15, 0.2) is 0 Å². The SMILES string of the molecule is CN=C(NN)c1ccc(C#N)nc1. The topological polar surface area (TPSA) is 87.1 Å². The van der Waals surface area contributed by atoms with Gasteiger partial charge in [0.1, 0.15) is 17.6 Å². The first-order valence-corrected chi connectivity index (χ1v) is 3.61. The average Bonchev–Trinajstić information content (AvgIpc) is 2.21. The molecule has 5 nitrogen and oxygen atoms in total. The minimum Gasteiger partial charge on any atom is -0.308 e. The fraction of sp³-hybridized carbons (Fsp3) is 0.125. The number of rotatable bonds is 1. The van der Waals surface area contributed by atoms with E-state index in [1.54, 1.807) is 25.4 Å². The van der Waals surface area contributed by atoms with Gasteiger partial charge in [-0.3, -0.25) is 4.99 Å². The molecule has 13 heavy (non-hydrogen) atoms. The number of amidine groups is 1. The highest BCUT2D eigenvalue weighted by atomic mass is 15.2. The molecule has 66 valence electrons. The van der Waals surface area contributed by atoms with Crippen LogP contribution in [0.2, 0.25) is 0 Å². The van der Waals surface area contributed by atoms with Crippen molar-refractivity contribution in [1.29, 1.82) is 5.26 Å². The summed E-state index contributed by atoms with van der Waals surface area (Å²) < 4.78 is 0. The summed E-state index contributed by atoms with van der Waals surface area (Å²) in [4.78, 5) is 7.77. The highest BCUT2D eigenvalue weighted by Gasteiger charge is 2.00.